The number of urea groups is 1. The molecule has 8 heteroatoms. The average molecular weight is 509 g/mol. The van der Waals surface area contributed by atoms with E-state index in [-0.39, 0.29) is 5.57 Å². The van der Waals surface area contributed by atoms with Crippen molar-refractivity contribution >= 4 is 52.8 Å². The van der Waals surface area contributed by atoms with Gasteiger partial charge in [-0.1, -0.05) is 59.1 Å². The Balaban J connectivity index is 1.72. The molecule has 1 aliphatic heterocycles. The van der Waals surface area contributed by atoms with Crippen LogP contribution >= 0.6 is 23.2 Å². The van der Waals surface area contributed by atoms with E-state index in [9.17, 15) is 14.4 Å². The summed E-state index contributed by atoms with van der Waals surface area (Å²) >= 11 is 12.9. The van der Waals surface area contributed by atoms with Gasteiger partial charge in [0.05, 0.1) is 12.8 Å². The van der Waals surface area contributed by atoms with E-state index < -0.39 is 17.8 Å². The molecule has 0 unspecified atom stereocenters. The van der Waals surface area contributed by atoms with Gasteiger partial charge in [0, 0.05) is 22.0 Å². The Labute approximate surface area is 213 Å². The van der Waals surface area contributed by atoms with Crippen LogP contribution in [0.25, 0.3) is 6.08 Å². The zero-order valence-electron chi connectivity index (χ0n) is 19.3. The van der Waals surface area contributed by atoms with Gasteiger partial charge in [0.2, 0.25) is 0 Å². The highest BCUT2D eigenvalue weighted by Gasteiger charge is 2.37. The van der Waals surface area contributed by atoms with Gasteiger partial charge >= 0.3 is 6.03 Å². The molecule has 178 valence electrons. The van der Waals surface area contributed by atoms with Crippen molar-refractivity contribution in [2.75, 3.05) is 12.0 Å². The summed E-state index contributed by atoms with van der Waals surface area (Å²) in [5.74, 6) is -1.02. The lowest BCUT2D eigenvalue weighted by Gasteiger charge is -2.27. The summed E-state index contributed by atoms with van der Waals surface area (Å²) in [5.41, 5.74) is 4.00. The van der Waals surface area contributed by atoms with Crippen LogP contribution in [0, 0.1) is 13.8 Å². The van der Waals surface area contributed by atoms with Crippen molar-refractivity contribution in [2.45, 2.75) is 20.3 Å². The predicted molar refractivity (Wildman–Crippen MR) is 137 cm³/mol. The maximum atomic E-state index is 13.3. The molecule has 3 aromatic carbocycles. The highest BCUT2D eigenvalue weighted by Crippen LogP contribution is 2.34. The Hall–Kier alpha value is -3.61. The van der Waals surface area contributed by atoms with Crippen molar-refractivity contribution in [3.8, 4) is 5.75 Å². The highest BCUT2D eigenvalue weighted by molar-refractivity contribution is 6.39. The van der Waals surface area contributed by atoms with Crippen LogP contribution in [0.15, 0.2) is 60.2 Å². The van der Waals surface area contributed by atoms with Gasteiger partial charge in [-0.15, -0.1) is 0 Å². The number of nitrogens with zero attached hydrogens (tertiary/aromatic N) is 1. The molecule has 1 fully saturated rings. The third kappa shape index (κ3) is 4.94. The molecule has 1 aliphatic rings. The number of halogens is 2. The fourth-order valence-electron chi connectivity index (χ4n) is 4.00. The van der Waals surface area contributed by atoms with Crippen molar-refractivity contribution in [1.29, 1.82) is 0 Å². The summed E-state index contributed by atoms with van der Waals surface area (Å²) in [7, 11) is 1.51. The molecule has 0 saturated carbocycles. The van der Waals surface area contributed by atoms with Gasteiger partial charge in [-0.2, -0.15) is 0 Å². The Morgan fingerprint density at radius 1 is 0.971 bits per heavy atom. The van der Waals surface area contributed by atoms with Crippen LogP contribution in [0.4, 0.5) is 10.5 Å². The minimum absolute atomic E-state index is 0.193. The van der Waals surface area contributed by atoms with Crippen LogP contribution in [-0.2, 0) is 16.0 Å². The molecule has 0 bridgehead atoms. The molecule has 1 saturated heterocycles. The standard InChI is InChI=1S/C27H22Cl2N2O4/c1-15-8-9-23(16(2)10-15)31-26(33)20(25(32)30-27(31)34)11-17-12-22(29)19(24(13-17)35-3)14-18-6-4-5-7-21(18)28/h4-13H,14H2,1-3H3,(H,30,32,34)/b20-11+. The number of aryl methyl sites for hydroxylation is 2. The number of imide groups is 2. The number of rotatable bonds is 5. The number of hydrogen-bond acceptors (Lipinski definition) is 4. The first kappa shape index (κ1) is 24.5. The molecule has 6 nitrogen and oxygen atoms in total. The molecule has 0 spiro atoms. The second-order valence-electron chi connectivity index (χ2n) is 8.20. The molecular weight excluding hydrogens is 487 g/mol. The first-order chi connectivity index (χ1) is 16.7. The summed E-state index contributed by atoms with van der Waals surface area (Å²) < 4.78 is 5.55. The van der Waals surface area contributed by atoms with Gasteiger partial charge < -0.3 is 4.74 Å². The second kappa shape index (κ2) is 9.94. The maximum absolute atomic E-state index is 13.3. The van der Waals surface area contributed by atoms with Gasteiger partial charge in [0.25, 0.3) is 11.8 Å². The number of carbonyl (C=O) groups excluding carboxylic acids is 3. The minimum Gasteiger partial charge on any atom is -0.496 e. The average Bonchev–Trinajstić information content (AvgIpc) is 2.80. The maximum Gasteiger partial charge on any atom is 0.335 e. The van der Waals surface area contributed by atoms with Gasteiger partial charge in [0.1, 0.15) is 11.3 Å². The highest BCUT2D eigenvalue weighted by atomic mass is 35.5. The van der Waals surface area contributed by atoms with E-state index in [2.05, 4.69) is 5.32 Å². The van der Waals surface area contributed by atoms with Crippen molar-refractivity contribution in [1.82, 2.24) is 5.32 Å². The number of ether oxygens (including phenoxy) is 1. The Morgan fingerprint density at radius 2 is 1.71 bits per heavy atom. The van der Waals surface area contributed by atoms with E-state index in [0.29, 0.717) is 33.5 Å². The van der Waals surface area contributed by atoms with Crippen LogP contribution in [0.2, 0.25) is 10.0 Å². The number of benzene rings is 3. The number of amides is 4. The van der Waals surface area contributed by atoms with E-state index in [1.165, 1.54) is 13.2 Å². The van der Waals surface area contributed by atoms with Crippen LogP contribution in [-0.4, -0.2) is 25.0 Å². The topological polar surface area (TPSA) is 75.7 Å². The molecule has 4 amide bonds. The monoisotopic (exact) mass is 508 g/mol. The normalized spacial score (nSPS) is 14.9. The number of carbonyl (C=O) groups is 3. The lowest BCUT2D eigenvalue weighted by molar-refractivity contribution is -0.122. The van der Waals surface area contributed by atoms with Crippen LogP contribution in [0.1, 0.15) is 27.8 Å². The smallest absolute Gasteiger partial charge is 0.335 e. The third-order valence-corrected chi connectivity index (χ3v) is 6.43. The summed E-state index contributed by atoms with van der Waals surface area (Å²) in [6.45, 7) is 3.71. The molecule has 0 aromatic heterocycles. The van der Waals surface area contributed by atoms with Crippen molar-refractivity contribution in [3.63, 3.8) is 0 Å². The minimum atomic E-state index is -0.796. The third-order valence-electron chi connectivity index (χ3n) is 5.73. The fraction of sp³-hybridized carbons (Fsp3) is 0.148. The first-order valence-corrected chi connectivity index (χ1v) is 11.5. The predicted octanol–water partition coefficient (Wildman–Crippen LogP) is 5.88. The van der Waals surface area contributed by atoms with Crippen molar-refractivity contribution < 1.29 is 19.1 Å². The lowest BCUT2D eigenvalue weighted by atomic mass is 10.00. The van der Waals surface area contributed by atoms with Gasteiger partial charge in [-0.25, -0.2) is 9.69 Å². The number of barbiturate groups is 1. The Bertz CT molecular complexity index is 1400. The van der Waals surface area contributed by atoms with Gasteiger partial charge in [-0.3, -0.25) is 14.9 Å². The number of anilines is 1. The molecule has 1 heterocycles. The van der Waals surface area contributed by atoms with Crippen molar-refractivity contribution in [3.05, 3.63) is 98.0 Å². The van der Waals surface area contributed by atoms with E-state index >= 15 is 0 Å². The zero-order chi connectivity index (χ0) is 25.3. The Morgan fingerprint density at radius 3 is 2.40 bits per heavy atom. The quantitative estimate of drug-likeness (QED) is 0.345. The number of nitrogens with one attached hydrogen (secondary N) is 1. The van der Waals surface area contributed by atoms with Crippen LogP contribution < -0.4 is 15.0 Å². The zero-order valence-corrected chi connectivity index (χ0v) is 20.8. The summed E-state index contributed by atoms with van der Waals surface area (Å²) in [6, 6.07) is 15.3. The fourth-order valence-corrected chi connectivity index (χ4v) is 4.49. The van der Waals surface area contributed by atoms with Crippen LogP contribution in [0.3, 0.4) is 0 Å². The summed E-state index contributed by atoms with van der Waals surface area (Å²) in [4.78, 5) is 39.4. The van der Waals surface area contributed by atoms with Crippen molar-refractivity contribution in [2.24, 2.45) is 0 Å². The lowest BCUT2D eigenvalue weighted by Crippen LogP contribution is -2.54. The first-order valence-electron chi connectivity index (χ1n) is 10.8. The molecule has 3 aromatic rings. The SMILES string of the molecule is COc1cc(/C=C2\C(=O)NC(=O)N(c3ccc(C)cc3C)C2=O)cc(Cl)c1Cc1ccccc1Cl. The molecule has 35 heavy (non-hydrogen) atoms. The largest absolute Gasteiger partial charge is 0.496 e. The molecule has 0 atom stereocenters. The molecule has 0 aliphatic carbocycles. The molecular formula is C27H22Cl2N2O4. The van der Waals surface area contributed by atoms with E-state index in [4.69, 9.17) is 27.9 Å². The van der Waals surface area contributed by atoms with Crippen LogP contribution in [0.5, 0.6) is 5.75 Å². The van der Waals surface area contributed by atoms with E-state index in [0.717, 1.165) is 27.2 Å². The molecule has 1 N–H and O–H groups in total. The number of hydrogen-bond donors (Lipinski definition) is 1. The van der Waals surface area contributed by atoms with E-state index in [1.807, 2.05) is 31.2 Å². The summed E-state index contributed by atoms with van der Waals surface area (Å²) in [6.07, 6.45) is 1.83. The number of methoxy groups -OCH3 is 1. The Kier molecular flexibility index (Phi) is 6.96. The molecule has 0 radical (unpaired) electrons. The second-order valence-corrected chi connectivity index (χ2v) is 9.01. The van der Waals surface area contributed by atoms with Gasteiger partial charge in [-0.05, 0) is 60.9 Å². The summed E-state index contributed by atoms with van der Waals surface area (Å²) in [5, 5.41) is 3.24. The van der Waals surface area contributed by atoms with E-state index in [1.54, 1.807) is 37.3 Å². The molecule has 4 rings (SSSR count). The van der Waals surface area contributed by atoms with Gasteiger partial charge in [0.15, 0.2) is 0 Å².